The van der Waals surface area contributed by atoms with Crippen molar-refractivity contribution in [3.8, 4) is 0 Å². The van der Waals surface area contributed by atoms with E-state index in [-0.39, 0.29) is 0 Å². The lowest BCUT2D eigenvalue weighted by Crippen LogP contribution is -2.41. The monoisotopic (exact) mass is 449 g/mol. The first-order valence-electron chi connectivity index (χ1n) is 11.0. The van der Waals surface area contributed by atoms with Gasteiger partial charge in [-0.3, -0.25) is 5.32 Å². The summed E-state index contributed by atoms with van der Waals surface area (Å²) in [5, 5.41) is 13.6. The summed E-state index contributed by atoms with van der Waals surface area (Å²) in [6, 6.07) is 17.1. The van der Waals surface area contributed by atoms with Gasteiger partial charge in [-0.1, -0.05) is 54.6 Å². The number of amides is 1. The summed E-state index contributed by atoms with van der Waals surface area (Å²) >= 11 is 0. The molecule has 2 aromatic carbocycles. The third-order valence-electron chi connectivity index (χ3n) is 6.19. The Balaban J connectivity index is 1.74. The highest BCUT2D eigenvalue weighted by Gasteiger charge is 2.51. The van der Waals surface area contributed by atoms with Crippen LogP contribution in [0.4, 0.5) is 4.79 Å². The van der Waals surface area contributed by atoms with Gasteiger partial charge in [0.25, 0.3) is 0 Å². The van der Waals surface area contributed by atoms with E-state index in [9.17, 15) is 4.79 Å². The molecule has 1 saturated heterocycles. The zero-order valence-electron chi connectivity index (χ0n) is 20.1. The molecule has 33 heavy (non-hydrogen) atoms. The van der Waals surface area contributed by atoms with Crippen molar-refractivity contribution in [3.05, 3.63) is 71.5 Å². The number of benzene rings is 2. The molecule has 3 rings (SSSR count). The molecular formula is C25H32BN3O4. The van der Waals surface area contributed by atoms with Gasteiger partial charge in [0.1, 0.15) is 11.9 Å². The first-order valence-corrected chi connectivity index (χ1v) is 11.0. The van der Waals surface area contributed by atoms with E-state index in [0.29, 0.717) is 11.4 Å². The van der Waals surface area contributed by atoms with Crippen LogP contribution in [0, 0.1) is 5.41 Å². The molecule has 0 unspecified atom stereocenters. The van der Waals surface area contributed by atoms with Crippen molar-refractivity contribution in [2.24, 2.45) is 0 Å². The molecule has 0 radical (unpaired) electrons. The molecule has 0 saturated carbocycles. The summed E-state index contributed by atoms with van der Waals surface area (Å²) in [6.07, 6.45) is 0.173. The lowest BCUT2D eigenvalue weighted by molar-refractivity contribution is 0.00578. The fraction of sp³-hybridized carbons (Fsp3) is 0.360. The average Bonchev–Trinajstić information content (AvgIpc) is 3.01. The number of ether oxygens (including phenoxy) is 1. The summed E-state index contributed by atoms with van der Waals surface area (Å²) in [7, 11) is 1.21. The Kier molecular flexibility index (Phi) is 7.30. The predicted molar refractivity (Wildman–Crippen MR) is 131 cm³/mol. The van der Waals surface area contributed by atoms with Gasteiger partial charge in [-0.2, -0.15) is 0 Å². The summed E-state index contributed by atoms with van der Waals surface area (Å²) in [5.41, 5.74) is 2.21. The molecular weight excluding hydrogens is 417 g/mol. The molecule has 1 aliphatic rings. The van der Waals surface area contributed by atoms with E-state index in [1.54, 1.807) is 7.05 Å². The molecule has 1 heterocycles. The third kappa shape index (κ3) is 5.46. The second kappa shape index (κ2) is 9.81. The second-order valence-electron chi connectivity index (χ2n) is 8.98. The van der Waals surface area contributed by atoms with Crippen molar-refractivity contribution < 1.29 is 18.8 Å². The largest absolute Gasteiger partial charge is 0.494 e. The van der Waals surface area contributed by atoms with Gasteiger partial charge in [-0.25, -0.2) is 4.79 Å². The standard InChI is InChI=1S/C25H32BN3O4/c1-17(18-10-8-7-9-11-18)31-23(30)29-22(28-6)21(16-27)19-12-14-20(15-13-19)26-32-24(2,3)25(4,5)33-26/h7-17,27-28H,1-6H3,(H,29,30)/b22-21-,27-16?/t17-/m1/s1. The summed E-state index contributed by atoms with van der Waals surface area (Å²) < 4.78 is 17.7. The molecule has 1 amide bonds. The molecule has 2 aromatic rings. The zero-order chi connectivity index (χ0) is 24.2. The molecule has 7 nitrogen and oxygen atoms in total. The summed E-state index contributed by atoms with van der Waals surface area (Å²) in [5.74, 6) is 0.374. The number of carbonyl (C=O) groups excluding carboxylic acids is 1. The van der Waals surface area contributed by atoms with Gasteiger partial charge in [0.05, 0.1) is 11.2 Å². The maximum Gasteiger partial charge on any atom is 0.494 e. The second-order valence-corrected chi connectivity index (χ2v) is 8.98. The fourth-order valence-electron chi connectivity index (χ4n) is 3.45. The lowest BCUT2D eigenvalue weighted by atomic mass is 9.78. The maximum absolute atomic E-state index is 12.5. The van der Waals surface area contributed by atoms with Crippen LogP contribution in [0.3, 0.4) is 0 Å². The third-order valence-corrected chi connectivity index (χ3v) is 6.19. The van der Waals surface area contributed by atoms with E-state index < -0.39 is 30.5 Å². The zero-order valence-corrected chi connectivity index (χ0v) is 20.1. The van der Waals surface area contributed by atoms with Crippen LogP contribution in [-0.2, 0) is 14.0 Å². The highest BCUT2D eigenvalue weighted by atomic mass is 16.7. The van der Waals surface area contributed by atoms with Crippen molar-refractivity contribution in [1.82, 2.24) is 10.6 Å². The Morgan fingerprint density at radius 3 is 2.12 bits per heavy atom. The first kappa shape index (κ1) is 24.5. The molecule has 1 aliphatic heterocycles. The fourth-order valence-corrected chi connectivity index (χ4v) is 3.45. The number of hydrogen-bond acceptors (Lipinski definition) is 6. The molecule has 0 aliphatic carbocycles. The Bertz CT molecular complexity index is 1000. The van der Waals surface area contributed by atoms with Crippen LogP contribution in [0.25, 0.3) is 5.57 Å². The number of rotatable bonds is 7. The van der Waals surface area contributed by atoms with E-state index in [1.165, 1.54) is 6.21 Å². The normalized spacial score (nSPS) is 18.2. The minimum absolute atomic E-state index is 0.374. The Labute approximate surface area is 196 Å². The molecule has 0 aromatic heterocycles. The van der Waals surface area contributed by atoms with Crippen molar-refractivity contribution in [3.63, 3.8) is 0 Å². The summed E-state index contributed by atoms with van der Waals surface area (Å²) in [4.78, 5) is 12.5. The first-order chi connectivity index (χ1) is 15.6. The average molecular weight is 449 g/mol. The highest BCUT2D eigenvalue weighted by Crippen LogP contribution is 2.36. The van der Waals surface area contributed by atoms with Gasteiger partial charge in [-0.05, 0) is 51.2 Å². The van der Waals surface area contributed by atoms with Crippen molar-refractivity contribution in [2.75, 3.05) is 7.05 Å². The van der Waals surface area contributed by atoms with Crippen LogP contribution >= 0.6 is 0 Å². The van der Waals surface area contributed by atoms with Gasteiger partial charge in [0.15, 0.2) is 0 Å². The molecule has 1 fully saturated rings. The van der Waals surface area contributed by atoms with Gasteiger partial charge >= 0.3 is 13.2 Å². The van der Waals surface area contributed by atoms with Gasteiger partial charge < -0.3 is 24.8 Å². The lowest BCUT2D eigenvalue weighted by Gasteiger charge is -2.32. The number of nitrogens with one attached hydrogen (secondary N) is 3. The number of allylic oxidation sites excluding steroid dienone is 1. The van der Waals surface area contributed by atoms with Crippen LogP contribution in [0.5, 0.6) is 0 Å². The minimum atomic E-state index is -0.608. The number of hydrogen-bond donors (Lipinski definition) is 3. The van der Waals surface area contributed by atoms with Crippen molar-refractivity contribution >= 4 is 30.5 Å². The molecule has 1 atom stereocenters. The van der Waals surface area contributed by atoms with E-state index >= 15 is 0 Å². The van der Waals surface area contributed by atoms with E-state index in [2.05, 4.69) is 10.6 Å². The molecule has 3 N–H and O–H groups in total. The SMILES string of the molecule is CN/C(NC(=O)O[C@H](C)c1ccccc1)=C(\C=N)c1ccc(B2OC(C)(C)C(C)(C)O2)cc1. The number of carbonyl (C=O) groups is 1. The van der Waals surface area contributed by atoms with Gasteiger partial charge in [0.2, 0.25) is 0 Å². The minimum Gasteiger partial charge on any atom is -0.441 e. The van der Waals surface area contributed by atoms with E-state index in [0.717, 1.165) is 16.6 Å². The highest BCUT2D eigenvalue weighted by molar-refractivity contribution is 6.62. The smallest absolute Gasteiger partial charge is 0.441 e. The van der Waals surface area contributed by atoms with Crippen LogP contribution in [0.15, 0.2) is 60.4 Å². The van der Waals surface area contributed by atoms with E-state index in [4.69, 9.17) is 19.5 Å². The van der Waals surface area contributed by atoms with Crippen molar-refractivity contribution in [1.29, 1.82) is 5.41 Å². The quantitative estimate of drug-likeness (QED) is 0.439. The van der Waals surface area contributed by atoms with Crippen LogP contribution in [0.2, 0.25) is 0 Å². The Morgan fingerprint density at radius 1 is 1.03 bits per heavy atom. The van der Waals surface area contributed by atoms with Crippen molar-refractivity contribution in [2.45, 2.75) is 51.9 Å². The van der Waals surface area contributed by atoms with E-state index in [1.807, 2.05) is 89.2 Å². The summed E-state index contributed by atoms with van der Waals surface area (Å²) in [6.45, 7) is 9.86. The maximum atomic E-state index is 12.5. The van der Waals surface area contributed by atoms with Gasteiger partial charge in [-0.15, -0.1) is 0 Å². The van der Waals surface area contributed by atoms with Crippen LogP contribution in [0.1, 0.15) is 51.8 Å². The molecule has 0 spiro atoms. The van der Waals surface area contributed by atoms with Crippen LogP contribution in [-0.4, -0.2) is 37.7 Å². The molecule has 8 heteroatoms. The Hall–Kier alpha value is -3.10. The number of alkyl carbamates (subject to hydrolysis) is 1. The molecule has 0 bridgehead atoms. The molecule has 174 valence electrons. The Morgan fingerprint density at radius 2 is 1.61 bits per heavy atom. The van der Waals surface area contributed by atoms with Crippen LogP contribution < -0.4 is 16.1 Å². The van der Waals surface area contributed by atoms with Gasteiger partial charge in [0, 0.05) is 18.8 Å². The topological polar surface area (TPSA) is 92.7 Å². The predicted octanol–water partition coefficient (Wildman–Crippen LogP) is 4.01.